The minimum atomic E-state index is -0.0161. The second-order valence-electron chi connectivity index (χ2n) is 6.92. The minimum Gasteiger partial charge on any atom is -0.353 e. The van der Waals surface area contributed by atoms with Crippen molar-refractivity contribution in [3.8, 4) is 0 Å². The van der Waals surface area contributed by atoms with Crippen LogP contribution in [0.4, 0.5) is 5.82 Å². The molecule has 3 aliphatic heterocycles. The Morgan fingerprint density at radius 2 is 2.19 bits per heavy atom. The third-order valence-corrected chi connectivity index (χ3v) is 5.97. The molecule has 3 aromatic heterocycles. The Balaban J connectivity index is 1.50. The van der Waals surface area contributed by atoms with Gasteiger partial charge in [0, 0.05) is 24.5 Å². The summed E-state index contributed by atoms with van der Waals surface area (Å²) in [5.74, 6) is 1.02. The number of aromatic nitrogens is 4. The molecule has 3 aliphatic rings. The molecule has 0 unspecified atom stereocenters. The van der Waals surface area contributed by atoms with Gasteiger partial charge in [-0.2, -0.15) is 4.98 Å². The molecule has 6 heterocycles. The lowest BCUT2D eigenvalue weighted by molar-refractivity contribution is -0.140. The standard InChI is InChI=1S/C17H18N6O2S/c1-10-14-15(18-8-19-16(14)25-21-10)22-4-11-2-3-13(6-22)23(17(11)24)5-12-7-26-9-20-12/h7-9,11,13H,2-6H2,1H3/t11-,13+/m0/s1. The Bertz CT molecular complexity index is 955. The molecule has 0 aromatic carbocycles. The second kappa shape index (κ2) is 6.01. The molecule has 8 nitrogen and oxygen atoms in total. The predicted molar refractivity (Wildman–Crippen MR) is 95.7 cm³/mol. The molecular weight excluding hydrogens is 352 g/mol. The van der Waals surface area contributed by atoms with Crippen LogP contribution in [0.1, 0.15) is 24.2 Å². The van der Waals surface area contributed by atoms with Gasteiger partial charge in [0.1, 0.15) is 17.5 Å². The molecule has 0 radical (unpaired) electrons. The first-order valence-electron chi connectivity index (χ1n) is 8.70. The highest BCUT2D eigenvalue weighted by molar-refractivity contribution is 7.07. The SMILES string of the molecule is Cc1noc2ncnc(N3C[C@@H]4CC[C@H](C3)N(Cc3cscn3)C4=O)c12. The van der Waals surface area contributed by atoms with Gasteiger partial charge in [0.05, 0.1) is 29.4 Å². The number of carbonyl (C=O) groups is 1. The average Bonchev–Trinajstić information content (AvgIpc) is 3.21. The van der Waals surface area contributed by atoms with Gasteiger partial charge in [0.25, 0.3) is 5.71 Å². The summed E-state index contributed by atoms with van der Waals surface area (Å²) in [6, 6.07) is 0.160. The van der Waals surface area contributed by atoms with Crippen molar-refractivity contribution in [1.82, 2.24) is 25.0 Å². The number of anilines is 1. The number of fused-ring (bicyclic) bond motifs is 5. The van der Waals surface area contributed by atoms with Crippen molar-refractivity contribution in [2.45, 2.75) is 32.4 Å². The molecule has 0 N–H and O–H groups in total. The van der Waals surface area contributed by atoms with Crippen LogP contribution in [0, 0.1) is 12.8 Å². The van der Waals surface area contributed by atoms with Crippen molar-refractivity contribution in [1.29, 1.82) is 0 Å². The summed E-state index contributed by atoms with van der Waals surface area (Å²) in [5.41, 5.74) is 4.04. The lowest BCUT2D eigenvalue weighted by atomic mass is 9.94. The Hall–Kier alpha value is -2.55. The van der Waals surface area contributed by atoms with E-state index in [1.165, 1.54) is 6.33 Å². The molecule has 2 bridgehead atoms. The molecule has 1 amide bonds. The maximum atomic E-state index is 13.0. The number of amides is 1. The number of rotatable bonds is 3. The molecule has 3 aromatic rings. The number of hydrogen-bond acceptors (Lipinski definition) is 8. The molecule has 6 rings (SSSR count). The molecule has 3 saturated heterocycles. The summed E-state index contributed by atoms with van der Waals surface area (Å²) in [4.78, 5) is 30.2. The van der Waals surface area contributed by atoms with Crippen molar-refractivity contribution >= 4 is 34.2 Å². The highest BCUT2D eigenvalue weighted by Gasteiger charge is 2.41. The molecule has 9 heteroatoms. The van der Waals surface area contributed by atoms with E-state index in [1.807, 2.05) is 22.7 Å². The number of piperidine rings is 1. The molecule has 0 aliphatic carbocycles. The summed E-state index contributed by atoms with van der Waals surface area (Å²) in [6.07, 6.45) is 3.43. The van der Waals surface area contributed by atoms with Gasteiger partial charge in [-0.25, -0.2) is 9.97 Å². The van der Waals surface area contributed by atoms with Crippen molar-refractivity contribution in [2.75, 3.05) is 18.0 Å². The van der Waals surface area contributed by atoms with Crippen molar-refractivity contribution < 1.29 is 9.32 Å². The number of nitrogens with zero attached hydrogens (tertiary/aromatic N) is 6. The normalized spacial score (nSPS) is 23.0. The topological polar surface area (TPSA) is 88.2 Å². The zero-order chi connectivity index (χ0) is 17.7. The minimum absolute atomic E-state index is 0.0161. The van der Waals surface area contributed by atoms with Crippen LogP contribution in [0.5, 0.6) is 0 Å². The van der Waals surface area contributed by atoms with Crippen LogP contribution in [-0.2, 0) is 11.3 Å². The Morgan fingerprint density at radius 1 is 1.27 bits per heavy atom. The van der Waals surface area contributed by atoms with Crippen molar-refractivity contribution in [3.05, 3.63) is 28.6 Å². The lowest BCUT2D eigenvalue weighted by Crippen LogP contribution is -2.47. The summed E-state index contributed by atoms with van der Waals surface area (Å²) < 4.78 is 5.28. The monoisotopic (exact) mass is 370 g/mol. The zero-order valence-corrected chi connectivity index (χ0v) is 15.1. The van der Waals surface area contributed by atoms with Gasteiger partial charge in [0.15, 0.2) is 0 Å². The molecule has 2 atom stereocenters. The van der Waals surface area contributed by atoms with Gasteiger partial charge in [-0.05, 0) is 19.8 Å². The Labute approximate surface area is 153 Å². The van der Waals surface area contributed by atoms with E-state index in [4.69, 9.17) is 4.52 Å². The fourth-order valence-electron chi connectivity index (χ4n) is 4.06. The van der Waals surface area contributed by atoms with Gasteiger partial charge in [0.2, 0.25) is 5.91 Å². The van der Waals surface area contributed by atoms with Crippen LogP contribution < -0.4 is 4.90 Å². The van der Waals surface area contributed by atoms with E-state index in [0.29, 0.717) is 18.8 Å². The van der Waals surface area contributed by atoms with E-state index in [9.17, 15) is 4.79 Å². The zero-order valence-electron chi connectivity index (χ0n) is 14.3. The summed E-state index contributed by atoms with van der Waals surface area (Å²) in [5, 5.41) is 6.87. The Kier molecular flexibility index (Phi) is 3.63. The molecule has 0 saturated carbocycles. The highest BCUT2D eigenvalue weighted by Crippen LogP contribution is 2.34. The molecule has 26 heavy (non-hydrogen) atoms. The first-order valence-corrected chi connectivity index (χ1v) is 9.64. The van der Waals surface area contributed by atoms with Crippen LogP contribution >= 0.6 is 11.3 Å². The highest BCUT2D eigenvalue weighted by atomic mass is 32.1. The fourth-order valence-corrected chi connectivity index (χ4v) is 4.60. The number of thiazole rings is 1. The summed E-state index contributed by atoms with van der Waals surface area (Å²) >= 11 is 1.56. The molecule has 134 valence electrons. The van der Waals surface area contributed by atoms with Crippen LogP contribution in [0.15, 0.2) is 21.7 Å². The predicted octanol–water partition coefficient (Wildman–Crippen LogP) is 2.01. The third kappa shape index (κ3) is 2.45. The average molecular weight is 370 g/mol. The molecular formula is C17H18N6O2S. The van der Waals surface area contributed by atoms with Gasteiger partial charge >= 0.3 is 0 Å². The molecule has 0 spiro atoms. The van der Waals surface area contributed by atoms with Crippen LogP contribution in [0.3, 0.4) is 0 Å². The smallest absolute Gasteiger partial charge is 0.263 e. The van der Waals surface area contributed by atoms with Crippen molar-refractivity contribution in [3.63, 3.8) is 0 Å². The number of aryl methyl sites for hydroxylation is 1. The first-order chi connectivity index (χ1) is 12.7. The lowest BCUT2D eigenvalue weighted by Gasteiger charge is -2.35. The van der Waals surface area contributed by atoms with Crippen LogP contribution in [0.2, 0.25) is 0 Å². The maximum absolute atomic E-state index is 13.0. The van der Waals surface area contributed by atoms with Crippen molar-refractivity contribution in [2.24, 2.45) is 5.92 Å². The summed E-state index contributed by atoms with van der Waals surface area (Å²) in [6.45, 7) is 3.90. The molecule has 3 fully saturated rings. The van der Waals surface area contributed by atoms with Gasteiger partial charge in [-0.15, -0.1) is 11.3 Å². The van der Waals surface area contributed by atoms with E-state index >= 15 is 0 Å². The van der Waals surface area contributed by atoms with Crippen LogP contribution in [0.25, 0.3) is 11.1 Å². The largest absolute Gasteiger partial charge is 0.353 e. The van der Waals surface area contributed by atoms with E-state index in [2.05, 4.69) is 25.0 Å². The first kappa shape index (κ1) is 15.7. The van der Waals surface area contributed by atoms with Gasteiger partial charge in [-0.1, -0.05) is 5.16 Å². The Morgan fingerprint density at radius 3 is 3.04 bits per heavy atom. The van der Waals surface area contributed by atoms with E-state index in [-0.39, 0.29) is 17.9 Å². The maximum Gasteiger partial charge on any atom is 0.263 e. The second-order valence-corrected chi connectivity index (χ2v) is 7.64. The number of carbonyl (C=O) groups excluding carboxylic acids is 1. The summed E-state index contributed by atoms with van der Waals surface area (Å²) in [7, 11) is 0. The van der Waals surface area contributed by atoms with E-state index in [0.717, 1.165) is 42.0 Å². The van der Waals surface area contributed by atoms with Crippen LogP contribution in [-0.4, -0.2) is 50.0 Å². The van der Waals surface area contributed by atoms with E-state index < -0.39 is 0 Å². The quantitative estimate of drug-likeness (QED) is 0.697. The van der Waals surface area contributed by atoms with E-state index in [1.54, 1.807) is 11.3 Å². The van der Waals surface area contributed by atoms with Gasteiger partial charge in [-0.3, -0.25) is 4.79 Å². The fraction of sp³-hybridized carbons (Fsp3) is 0.471. The van der Waals surface area contributed by atoms with Gasteiger partial charge < -0.3 is 14.3 Å². The number of hydrogen-bond donors (Lipinski definition) is 0. The third-order valence-electron chi connectivity index (χ3n) is 5.33.